The quantitative estimate of drug-likeness (QED) is 0.701. The highest BCUT2D eigenvalue weighted by molar-refractivity contribution is 7.89. The largest absolute Gasteiger partial charge is 0.282 e. The van der Waals surface area contributed by atoms with E-state index in [2.05, 4.69) is 9.82 Å². The van der Waals surface area contributed by atoms with Crippen molar-refractivity contribution in [3.05, 3.63) is 17.5 Å². The maximum absolute atomic E-state index is 12.0. The van der Waals surface area contributed by atoms with Crippen molar-refractivity contribution < 1.29 is 18.0 Å². The molecule has 1 aromatic rings. The van der Waals surface area contributed by atoms with Gasteiger partial charge in [0, 0.05) is 31.6 Å². The summed E-state index contributed by atoms with van der Waals surface area (Å²) in [6, 6.07) is 1.92. The smallest absolute Gasteiger partial charge is 0.229 e. The van der Waals surface area contributed by atoms with E-state index < -0.39 is 10.0 Å². The van der Waals surface area contributed by atoms with Gasteiger partial charge in [-0.3, -0.25) is 19.2 Å². The summed E-state index contributed by atoms with van der Waals surface area (Å²) < 4.78 is 28.2. The zero-order chi connectivity index (χ0) is 17.0. The van der Waals surface area contributed by atoms with Gasteiger partial charge in [-0.05, 0) is 26.3 Å². The molecule has 0 unspecified atom stereocenters. The van der Waals surface area contributed by atoms with Crippen molar-refractivity contribution in [2.75, 3.05) is 18.8 Å². The van der Waals surface area contributed by atoms with Gasteiger partial charge in [-0.2, -0.15) is 5.10 Å². The number of hydrogen-bond acceptors (Lipinski definition) is 5. The molecule has 0 radical (unpaired) electrons. The molecule has 23 heavy (non-hydrogen) atoms. The first-order chi connectivity index (χ1) is 10.8. The van der Waals surface area contributed by atoms with Crippen LogP contribution in [0.5, 0.6) is 0 Å². The zero-order valence-electron chi connectivity index (χ0n) is 13.4. The number of carbonyl (C=O) groups is 2. The molecule has 1 N–H and O–H groups in total. The minimum absolute atomic E-state index is 0.0904. The molecule has 1 aliphatic heterocycles. The number of rotatable bonds is 7. The number of nitrogens with one attached hydrogen (secondary N) is 1. The third-order valence-corrected chi connectivity index (χ3v) is 5.08. The second-order valence-electron chi connectivity index (χ2n) is 5.66. The molecule has 2 rings (SSSR count). The first kappa shape index (κ1) is 17.6. The molecule has 1 saturated heterocycles. The molecular formula is C14H22N4O4S. The van der Waals surface area contributed by atoms with Crippen LogP contribution in [0.15, 0.2) is 6.07 Å². The van der Waals surface area contributed by atoms with Crippen LogP contribution < -0.4 is 4.72 Å². The lowest BCUT2D eigenvalue weighted by Crippen LogP contribution is -2.44. The van der Waals surface area contributed by atoms with E-state index in [0.29, 0.717) is 25.8 Å². The number of aromatic nitrogens is 2. The summed E-state index contributed by atoms with van der Waals surface area (Å²) in [6.45, 7) is 4.34. The Hall–Kier alpha value is -1.74. The number of piperidine rings is 1. The summed E-state index contributed by atoms with van der Waals surface area (Å²) in [4.78, 5) is 24.3. The Kier molecular flexibility index (Phi) is 5.53. The predicted octanol–water partition coefficient (Wildman–Crippen LogP) is -0.0416. The maximum atomic E-state index is 12.0. The van der Waals surface area contributed by atoms with Crippen LogP contribution in [0.25, 0.3) is 0 Å². The summed E-state index contributed by atoms with van der Waals surface area (Å²) >= 11 is 0. The molecule has 128 valence electrons. The lowest BCUT2D eigenvalue weighted by molar-refractivity contribution is -0.147. The van der Waals surface area contributed by atoms with Crippen LogP contribution in [0.4, 0.5) is 0 Å². The van der Waals surface area contributed by atoms with Crippen molar-refractivity contribution in [3.8, 4) is 0 Å². The first-order valence-electron chi connectivity index (χ1n) is 7.60. The maximum Gasteiger partial charge on any atom is 0.229 e. The molecule has 0 aliphatic carbocycles. The van der Waals surface area contributed by atoms with Crippen molar-refractivity contribution in [1.29, 1.82) is 0 Å². The van der Waals surface area contributed by atoms with Crippen LogP contribution in [0.2, 0.25) is 0 Å². The molecule has 2 heterocycles. The van der Waals surface area contributed by atoms with Crippen LogP contribution in [-0.2, 0) is 26.2 Å². The van der Waals surface area contributed by atoms with Gasteiger partial charge in [0.15, 0.2) is 0 Å². The van der Waals surface area contributed by atoms with E-state index in [4.69, 9.17) is 0 Å². The van der Waals surface area contributed by atoms with Gasteiger partial charge >= 0.3 is 0 Å². The Morgan fingerprint density at radius 2 is 1.83 bits per heavy atom. The number of sulfonamides is 1. The van der Waals surface area contributed by atoms with Gasteiger partial charge in [0.25, 0.3) is 0 Å². The van der Waals surface area contributed by atoms with Crippen LogP contribution in [0.3, 0.4) is 0 Å². The van der Waals surface area contributed by atoms with Crippen LogP contribution in [-0.4, -0.2) is 53.8 Å². The first-order valence-corrected chi connectivity index (χ1v) is 9.25. The summed E-state index contributed by atoms with van der Waals surface area (Å²) in [5.41, 5.74) is 1.85. The van der Waals surface area contributed by atoms with E-state index in [0.717, 1.165) is 16.3 Å². The number of nitrogens with zero attached hydrogens (tertiary/aromatic N) is 3. The molecule has 1 fully saturated rings. The molecule has 0 bridgehead atoms. The number of likely N-dealkylation sites (tertiary alicyclic amines) is 1. The monoisotopic (exact) mass is 342 g/mol. The fourth-order valence-corrected chi connectivity index (χ4v) is 3.51. The lowest BCUT2D eigenvalue weighted by Gasteiger charge is -2.24. The van der Waals surface area contributed by atoms with Crippen molar-refractivity contribution >= 4 is 21.8 Å². The van der Waals surface area contributed by atoms with E-state index in [9.17, 15) is 18.0 Å². The van der Waals surface area contributed by atoms with Crippen molar-refractivity contribution in [2.24, 2.45) is 0 Å². The topological polar surface area (TPSA) is 101 Å². The molecule has 0 saturated carbocycles. The Morgan fingerprint density at radius 3 is 2.39 bits per heavy atom. The number of carbonyl (C=O) groups excluding carboxylic acids is 2. The normalized spacial score (nSPS) is 16.2. The van der Waals surface area contributed by atoms with Crippen molar-refractivity contribution in [1.82, 2.24) is 19.4 Å². The predicted molar refractivity (Wildman–Crippen MR) is 84.1 cm³/mol. The Labute approximate surface area is 135 Å². The highest BCUT2D eigenvalue weighted by Gasteiger charge is 2.27. The average molecular weight is 342 g/mol. The molecule has 9 heteroatoms. The van der Waals surface area contributed by atoms with Crippen LogP contribution in [0, 0.1) is 13.8 Å². The summed E-state index contributed by atoms with van der Waals surface area (Å²) in [5.74, 6) is -0.861. The van der Waals surface area contributed by atoms with Gasteiger partial charge in [0.1, 0.15) is 0 Å². The van der Waals surface area contributed by atoms with E-state index in [1.807, 2.05) is 19.9 Å². The third kappa shape index (κ3) is 4.87. The van der Waals surface area contributed by atoms with E-state index in [1.54, 1.807) is 4.68 Å². The van der Waals surface area contributed by atoms with E-state index >= 15 is 0 Å². The number of aryl methyl sites for hydroxylation is 2. The zero-order valence-corrected chi connectivity index (χ0v) is 14.2. The minimum Gasteiger partial charge on any atom is -0.282 e. The number of amides is 2. The Balaban J connectivity index is 1.81. The Morgan fingerprint density at radius 1 is 1.17 bits per heavy atom. The summed E-state index contributed by atoms with van der Waals surface area (Å²) in [7, 11) is -3.54. The lowest BCUT2D eigenvalue weighted by atomic mass is 10.1. The van der Waals surface area contributed by atoms with Crippen molar-refractivity contribution in [2.45, 2.75) is 39.7 Å². The van der Waals surface area contributed by atoms with Crippen LogP contribution >= 0.6 is 0 Å². The molecular weight excluding hydrogens is 320 g/mol. The fraction of sp³-hybridized carbons (Fsp3) is 0.643. The second-order valence-corrected chi connectivity index (χ2v) is 7.58. The molecule has 2 amide bonds. The molecule has 0 aromatic carbocycles. The fourth-order valence-electron chi connectivity index (χ4n) is 2.54. The van der Waals surface area contributed by atoms with Gasteiger partial charge in [-0.25, -0.2) is 13.1 Å². The second kappa shape index (κ2) is 7.22. The standard InChI is InChI=1S/C14H22N4O4S/c1-11-10-12(2)18(16-11)7-6-15-23(21,22)9-8-17-13(19)4-3-5-14(17)20/h10,15H,3-9H2,1-2H3. The summed E-state index contributed by atoms with van der Waals surface area (Å²) in [5, 5.41) is 4.25. The van der Waals surface area contributed by atoms with Gasteiger partial charge in [0.2, 0.25) is 21.8 Å². The molecule has 0 atom stereocenters. The SMILES string of the molecule is Cc1cc(C)n(CCNS(=O)(=O)CCN2C(=O)CCCC2=O)n1. The van der Waals surface area contributed by atoms with E-state index in [1.165, 1.54) is 0 Å². The summed E-state index contributed by atoms with van der Waals surface area (Å²) in [6.07, 6.45) is 1.15. The Bertz CT molecular complexity index is 680. The third-order valence-electron chi connectivity index (χ3n) is 3.72. The van der Waals surface area contributed by atoms with Crippen molar-refractivity contribution in [3.63, 3.8) is 0 Å². The highest BCUT2D eigenvalue weighted by atomic mass is 32.2. The molecule has 0 spiro atoms. The van der Waals surface area contributed by atoms with Gasteiger partial charge < -0.3 is 0 Å². The molecule has 8 nitrogen and oxygen atoms in total. The van der Waals surface area contributed by atoms with Crippen LogP contribution in [0.1, 0.15) is 30.7 Å². The molecule has 1 aromatic heterocycles. The van der Waals surface area contributed by atoms with Gasteiger partial charge in [-0.1, -0.05) is 0 Å². The van der Waals surface area contributed by atoms with E-state index in [-0.39, 0.29) is 30.7 Å². The highest BCUT2D eigenvalue weighted by Crippen LogP contribution is 2.11. The number of imide groups is 1. The number of hydrogen-bond donors (Lipinski definition) is 1. The average Bonchev–Trinajstić information content (AvgIpc) is 2.76. The molecule has 1 aliphatic rings. The minimum atomic E-state index is -3.54. The van der Waals surface area contributed by atoms with Gasteiger partial charge in [0.05, 0.1) is 18.0 Å². The van der Waals surface area contributed by atoms with Gasteiger partial charge in [-0.15, -0.1) is 0 Å².